The monoisotopic (exact) mass is 180 g/mol. The molecule has 0 unspecified atom stereocenters. The van der Waals surface area contributed by atoms with Crippen LogP contribution in [0.1, 0.15) is 20.3 Å². The molecule has 2 heteroatoms. The van der Waals surface area contributed by atoms with Crippen molar-refractivity contribution in [1.29, 1.82) is 0 Å². The molecule has 0 bridgehead atoms. The topological polar surface area (TPSA) is 37.3 Å². The molecular formula is C11H16O2. The van der Waals surface area contributed by atoms with Gasteiger partial charge in [-0.2, -0.15) is 0 Å². The van der Waals surface area contributed by atoms with E-state index < -0.39 is 11.4 Å². The maximum absolute atomic E-state index is 10.8. The first kappa shape index (κ1) is 11.7. The minimum Gasteiger partial charge on any atom is -0.481 e. The third-order valence-corrected chi connectivity index (χ3v) is 1.82. The predicted molar refractivity (Wildman–Crippen MR) is 54.5 cm³/mol. The van der Waals surface area contributed by atoms with Crippen LogP contribution in [-0.2, 0) is 4.79 Å². The van der Waals surface area contributed by atoms with E-state index in [1.54, 1.807) is 32.1 Å². The van der Waals surface area contributed by atoms with Crippen molar-refractivity contribution in [2.45, 2.75) is 20.3 Å². The van der Waals surface area contributed by atoms with Crippen molar-refractivity contribution in [1.82, 2.24) is 0 Å². The molecule has 72 valence electrons. The van der Waals surface area contributed by atoms with Gasteiger partial charge in [0.15, 0.2) is 0 Å². The van der Waals surface area contributed by atoms with Crippen molar-refractivity contribution in [2.24, 2.45) is 5.41 Å². The lowest BCUT2D eigenvalue weighted by Gasteiger charge is -2.19. The third-order valence-electron chi connectivity index (χ3n) is 1.82. The molecule has 0 saturated carbocycles. The Kier molecular flexibility index (Phi) is 4.18. The van der Waals surface area contributed by atoms with Gasteiger partial charge in [-0.25, -0.2) is 0 Å². The Balaban J connectivity index is 4.57. The molecule has 0 aromatic heterocycles. The van der Waals surface area contributed by atoms with Gasteiger partial charge in [0.05, 0.1) is 5.41 Å². The summed E-state index contributed by atoms with van der Waals surface area (Å²) >= 11 is 0. The smallest absolute Gasteiger partial charge is 0.309 e. The largest absolute Gasteiger partial charge is 0.481 e. The van der Waals surface area contributed by atoms with E-state index in [0.717, 1.165) is 5.57 Å². The normalized spacial score (nSPS) is 12.3. The van der Waals surface area contributed by atoms with Gasteiger partial charge in [-0.15, -0.1) is 0 Å². The van der Waals surface area contributed by atoms with E-state index in [4.69, 9.17) is 5.11 Å². The number of rotatable bonds is 5. The molecule has 0 aliphatic heterocycles. The third kappa shape index (κ3) is 3.74. The summed E-state index contributed by atoms with van der Waals surface area (Å²) in [5.41, 5.74) is 0.144. The number of carboxylic acid groups (broad SMARTS) is 1. The quantitative estimate of drug-likeness (QED) is 0.660. The maximum atomic E-state index is 10.8. The molecule has 0 amide bonds. The van der Waals surface area contributed by atoms with Crippen molar-refractivity contribution in [3.05, 3.63) is 37.0 Å². The van der Waals surface area contributed by atoms with E-state index >= 15 is 0 Å². The molecule has 13 heavy (non-hydrogen) atoms. The highest BCUT2D eigenvalue weighted by Gasteiger charge is 2.27. The van der Waals surface area contributed by atoms with Gasteiger partial charge in [0, 0.05) is 0 Å². The Morgan fingerprint density at radius 2 is 2.00 bits per heavy atom. The van der Waals surface area contributed by atoms with Crippen LogP contribution in [0.3, 0.4) is 0 Å². The summed E-state index contributed by atoms with van der Waals surface area (Å²) < 4.78 is 0. The van der Waals surface area contributed by atoms with Crippen molar-refractivity contribution < 1.29 is 9.90 Å². The van der Waals surface area contributed by atoms with Gasteiger partial charge in [0.1, 0.15) is 0 Å². The second-order valence-corrected chi connectivity index (χ2v) is 3.55. The molecule has 2 nitrogen and oxygen atoms in total. The zero-order chi connectivity index (χ0) is 10.5. The van der Waals surface area contributed by atoms with Crippen LogP contribution < -0.4 is 0 Å². The summed E-state index contributed by atoms with van der Waals surface area (Å²) in [6.07, 6.45) is 5.54. The molecule has 0 aromatic rings. The van der Waals surface area contributed by atoms with Crippen LogP contribution in [0.4, 0.5) is 0 Å². The van der Waals surface area contributed by atoms with Crippen LogP contribution in [-0.4, -0.2) is 11.1 Å². The number of hydrogen-bond acceptors (Lipinski definition) is 1. The van der Waals surface area contributed by atoms with E-state index in [1.165, 1.54) is 0 Å². The number of carbonyl (C=O) groups is 1. The lowest BCUT2D eigenvalue weighted by atomic mass is 9.85. The summed E-state index contributed by atoms with van der Waals surface area (Å²) in [7, 11) is 0. The maximum Gasteiger partial charge on any atom is 0.309 e. The Morgan fingerprint density at radius 3 is 2.31 bits per heavy atom. The molecule has 0 saturated heterocycles. The summed E-state index contributed by atoms with van der Waals surface area (Å²) in [5.74, 6) is -0.802. The lowest BCUT2D eigenvalue weighted by molar-refractivity contribution is -0.146. The number of carboxylic acids is 1. The Bertz CT molecular complexity index is 247. The summed E-state index contributed by atoms with van der Waals surface area (Å²) in [6, 6.07) is 0. The van der Waals surface area contributed by atoms with Crippen LogP contribution in [0.5, 0.6) is 0 Å². The van der Waals surface area contributed by atoms with E-state index in [2.05, 4.69) is 13.2 Å². The van der Waals surface area contributed by atoms with E-state index in [1.807, 2.05) is 0 Å². The van der Waals surface area contributed by atoms with E-state index in [-0.39, 0.29) is 0 Å². The molecule has 0 aromatic carbocycles. The van der Waals surface area contributed by atoms with Crippen LogP contribution in [0.25, 0.3) is 0 Å². The van der Waals surface area contributed by atoms with Crippen LogP contribution >= 0.6 is 0 Å². The SMILES string of the molecule is C=C/C=C(\C=C)CC(C)(C)C(=O)O. The number of aliphatic carboxylic acids is 1. The average Bonchev–Trinajstić information content (AvgIpc) is 2.03. The molecule has 0 spiro atoms. The fourth-order valence-corrected chi connectivity index (χ4v) is 0.936. The highest BCUT2D eigenvalue weighted by Crippen LogP contribution is 2.25. The van der Waals surface area contributed by atoms with Gasteiger partial charge >= 0.3 is 5.97 Å². The number of hydrogen-bond donors (Lipinski definition) is 1. The van der Waals surface area contributed by atoms with Gasteiger partial charge in [0.25, 0.3) is 0 Å². The van der Waals surface area contributed by atoms with Gasteiger partial charge < -0.3 is 5.11 Å². The Hall–Kier alpha value is -1.31. The van der Waals surface area contributed by atoms with Crippen molar-refractivity contribution in [3.63, 3.8) is 0 Å². The first-order valence-electron chi connectivity index (χ1n) is 4.11. The molecule has 0 radical (unpaired) electrons. The molecule has 0 rings (SSSR count). The fraction of sp³-hybridized carbons (Fsp3) is 0.364. The van der Waals surface area contributed by atoms with Crippen molar-refractivity contribution in [2.75, 3.05) is 0 Å². The first-order valence-corrected chi connectivity index (χ1v) is 4.11. The minimum absolute atomic E-state index is 0.470. The van der Waals surface area contributed by atoms with Crippen molar-refractivity contribution >= 4 is 5.97 Å². The van der Waals surface area contributed by atoms with Crippen LogP contribution in [0.15, 0.2) is 37.0 Å². The minimum atomic E-state index is -0.802. The average molecular weight is 180 g/mol. The lowest BCUT2D eigenvalue weighted by Crippen LogP contribution is -2.23. The molecule has 0 aliphatic carbocycles. The van der Waals surface area contributed by atoms with Gasteiger partial charge in [0.2, 0.25) is 0 Å². The molecular weight excluding hydrogens is 164 g/mol. The second-order valence-electron chi connectivity index (χ2n) is 3.55. The molecule has 0 fully saturated rings. The zero-order valence-corrected chi connectivity index (χ0v) is 8.21. The highest BCUT2D eigenvalue weighted by molar-refractivity contribution is 5.74. The Labute approximate surface area is 79.3 Å². The molecule has 0 heterocycles. The summed E-state index contributed by atoms with van der Waals surface area (Å²) in [5, 5.41) is 8.87. The first-order chi connectivity index (χ1) is 5.94. The van der Waals surface area contributed by atoms with E-state index in [0.29, 0.717) is 6.42 Å². The van der Waals surface area contributed by atoms with Gasteiger partial charge in [-0.3, -0.25) is 4.79 Å². The van der Waals surface area contributed by atoms with Crippen LogP contribution in [0.2, 0.25) is 0 Å². The summed E-state index contributed by atoms with van der Waals surface area (Å²) in [6.45, 7) is 10.5. The van der Waals surface area contributed by atoms with E-state index in [9.17, 15) is 4.79 Å². The van der Waals surface area contributed by atoms with Crippen molar-refractivity contribution in [3.8, 4) is 0 Å². The number of allylic oxidation sites excluding steroid dienone is 4. The van der Waals surface area contributed by atoms with Gasteiger partial charge in [-0.1, -0.05) is 31.4 Å². The van der Waals surface area contributed by atoms with Crippen LogP contribution in [0, 0.1) is 5.41 Å². The fourth-order valence-electron chi connectivity index (χ4n) is 0.936. The second kappa shape index (κ2) is 4.65. The highest BCUT2D eigenvalue weighted by atomic mass is 16.4. The predicted octanol–water partition coefficient (Wildman–Crippen LogP) is 2.79. The standard InChI is InChI=1S/C11H16O2/c1-5-7-9(6-2)8-11(3,4)10(12)13/h5-7H,1-2,8H2,3-4H3,(H,12,13)/b9-7+. The molecule has 0 aliphatic rings. The molecule has 1 N–H and O–H groups in total. The Morgan fingerprint density at radius 1 is 1.46 bits per heavy atom. The zero-order valence-electron chi connectivity index (χ0n) is 8.21. The van der Waals surface area contributed by atoms with Gasteiger partial charge in [-0.05, 0) is 25.8 Å². The molecule has 0 atom stereocenters. The summed E-state index contributed by atoms with van der Waals surface area (Å²) in [4.78, 5) is 10.8.